The lowest BCUT2D eigenvalue weighted by atomic mass is 10.2. The van der Waals surface area contributed by atoms with E-state index in [2.05, 4.69) is 15.9 Å². The molecule has 0 aliphatic heterocycles. The van der Waals surface area contributed by atoms with Crippen molar-refractivity contribution >= 4 is 21.6 Å². The summed E-state index contributed by atoms with van der Waals surface area (Å²) in [6.45, 7) is 0.844. The smallest absolute Gasteiger partial charge is 0.146 e. The van der Waals surface area contributed by atoms with Gasteiger partial charge in [-0.1, -0.05) is 15.9 Å². The Hall–Kier alpha value is -1.59. The normalized spacial score (nSPS) is 9.41. The van der Waals surface area contributed by atoms with E-state index >= 15 is 0 Å². The van der Waals surface area contributed by atoms with Crippen molar-refractivity contribution in [3.63, 3.8) is 0 Å². The molecule has 1 aromatic carbocycles. The van der Waals surface area contributed by atoms with Crippen LogP contribution in [0.1, 0.15) is 12.8 Å². The van der Waals surface area contributed by atoms with Crippen LogP contribution in [0.4, 0.5) is 10.1 Å². The number of hydrogen-bond acceptors (Lipinski definition) is 3. The molecule has 0 aliphatic carbocycles. The molecule has 3 nitrogen and oxygen atoms in total. The first-order chi connectivity index (χ1) is 8.19. The highest BCUT2D eigenvalue weighted by molar-refractivity contribution is 9.10. The molecule has 0 N–H and O–H groups in total. The minimum atomic E-state index is -0.343. The van der Waals surface area contributed by atoms with Crippen LogP contribution in [-0.4, -0.2) is 13.1 Å². The summed E-state index contributed by atoms with van der Waals surface area (Å²) >= 11 is 3.28. The number of benzene rings is 1. The predicted octanol–water partition coefficient (Wildman–Crippen LogP) is 3.22. The summed E-state index contributed by atoms with van der Waals surface area (Å²) in [5.74, 6) is -0.343. The summed E-state index contributed by atoms with van der Waals surface area (Å²) in [5.41, 5.74) is 0.421. The molecule has 1 rings (SSSR count). The molecule has 5 heteroatoms. The number of nitriles is 2. The Balaban J connectivity index is 2.91. The standard InChI is InChI=1S/C12H11BrFN3/c13-10-3-4-11(14)12(9-10)17(7-1-5-15)8-2-6-16/h3-4,9H,1-2,7-8H2. The van der Waals surface area contributed by atoms with Gasteiger partial charge in [0.1, 0.15) is 5.82 Å². The van der Waals surface area contributed by atoms with Crippen LogP contribution < -0.4 is 4.90 Å². The predicted molar refractivity (Wildman–Crippen MR) is 66.8 cm³/mol. The van der Waals surface area contributed by atoms with E-state index < -0.39 is 0 Å². The maximum absolute atomic E-state index is 13.6. The first-order valence-electron chi connectivity index (χ1n) is 5.13. The SMILES string of the molecule is N#CCCN(CCC#N)c1cc(Br)ccc1F. The van der Waals surface area contributed by atoms with Gasteiger partial charge in [0.15, 0.2) is 0 Å². The van der Waals surface area contributed by atoms with E-state index in [4.69, 9.17) is 10.5 Å². The molecule has 0 bridgehead atoms. The van der Waals surface area contributed by atoms with Crippen molar-refractivity contribution in [1.29, 1.82) is 10.5 Å². The summed E-state index contributed by atoms with van der Waals surface area (Å²) in [5, 5.41) is 17.1. The maximum Gasteiger partial charge on any atom is 0.146 e. The fourth-order valence-corrected chi connectivity index (χ4v) is 1.80. The Morgan fingerprint density at radius 3 is 2.29 bits per heavy atom. The fraction of sp³-hybridized carbons (Fsp3) is 0.333. The van der Waals surface area contributed by atoms with Crippen molar-refractivity contribution < 1.29 is 4.39 Å². The highest BCUT2D eigenvalue weighted by Gasteiger charge is 2.11. The lowest BCUT2D eigenvalue weighted by molar-refractivity contribution is 0.616. The van der Waals surface area contributed by atoms with Crippen LogP contribution in [0.15, 0.2) is 22.7 Å². The van der Waals surface area contributed by atoms with Gasteiger partial charge in [0.05, 0.1) is 30.7 Å². The van der Waals surface area contributed by atoms with Gasteiger partial charge in [-0.15, -0.1) is 0 Å². The van der Waals surface area contributed by atoms with E-state index in [1.807, 2.05) is 12.1 Å². The van der Waals surface area contributed by atoms with Crippen LogP contribution in [-0.2, 0) is 0 Å². The Morgan fingerprint density at radius 2 is 1.76 bits per heavy atom. The molecule has 0 saturated carbocycles. The van der Waals surface area contributed by atoms with Crippen molar-refractivity contribution in [2.45, 2.75) is 12.8 Å². The van der Waals surface area contributed by atoms with Gasteiger partial charge in [0.25, 0.3) is 0 Å². The van der Waals surface area contributed by atoms with Crippen LogP contribution in [0.3, 0.4) is 0 Å². The topological polar surface area (TPSA) is 50.8 Å². The van der Waals surface area contributed by atoms with E-state index in [-0.39, 0.29) is 5.82 Å². The molecule has 0 saturated heterocycles. The Morgan fingerprint density at radius 1 is 1.18 bits per heavy atom. The number of halogens is 2. The molecule has 0 atom stereocenters. The number of anilines is 1. The van der Waals surface area contributed by atoms with Crippen LogP contribution in [0, 0.1) is 28.5 Å². The van der Waals surface area contributed by atoms with Crippen LogP contribution in [0.2, 0.25) is 0 Å². The molecule has 0 spiro atoms. The lowest BCUT2D eigenvalue weighted by Crippen LogP contribution is -2.26. The second-order valence-electron chi connectivity index (χ2n) is 3.40. The fourth-order valence-electron chi connectivity index (χ4n) is 1.45. The molecule has 1 aromatic rings. The van der Waals surface area contributed by atoms with Crippen LogP contribution in [0.25, 0.3) is 0 Å². The first kappa shape index (κ1) is 13.5. The highest BCUT2D eigenvalue weighted by Crippen LogP contribution is 2.24. The molecule has 17 heavy (non-hydrogen) atoms. The minimum Gasteiger partial charge on any atom is -0.367 e. The highest BCUT2D eigenvalue weighted by atomic mass is 79.9. The summed E-state index contributed by atoms with van der Waals surface area (Å²) < 4.78 is 14.4. The molecular formula is C12H11BrFN3. The third-order valence-corrected chi connectivity index (χ3v) is 2.73. The Labute approximate surface area is 108 Å². The van der Waals surface area contributed by atoms with Gasteiger partial charge in [-0.2, -0.15) is 10.5 Å². The number of rotatable bonds is 5. The second-order valence-corrected chi connectivity index (χ2v) is 4.31. The Bertz CT molecular complexity index is 444. The van der Waals surface area contributed by atoms with E-state index in [0.717, 1.165) is 4.47 Å². The van der Waals surface area contributed by atoms with Gasteiger partial charge in [0.2, 0.25) is 0 Å². The molecule has 88 valence electrons. The average molecular weight is 296 g/mol. The quantitative estimate of drug-likeness (QED) is 0.838. The van der Waals surface area contributed by atoms with Gasteiger partial charge in [0, 0.05) is 17.6 Å². The van der Waals surface area contributed by atoms with Gasteiger partial charge < -0.3 is 4.90 Å². The lowest BCUT2D eigenvalue weighted by Gasteiger charge is -2.23. The van der Waals surface area contributed by atoms with Crippen LogP contribution >= 0.6 is 15.9 Å². The molecule has 0 radical (unpaired) electrons. The maximum atomic E-state index is 13.6. The number of nitrogens with zero attached hydrogens (tertiary/aromatic N) is 3. The third-order valence-electron chi connectivity index (χ3n) is 2.24. The third kappa shape index (κ3) is 4.05. The molecule has 0 heterocycles. The van der Waals surface area contributed by atoms with Gasteiger partial charge in [-0.05, 0) is 18.2 Å². The Kier molecular flexibility index (Phi) is 5.45. The molecule has 0 aliphatic rings. The zero-order valence-corrected chi connectivity index (χ0v) is 10.7. The molecular weight excluding hydrogens is 285 g/mol. The van der Waals surface area contributed by atoms with E-state index in [9.17, 15) is 4.39 Å². The van der Waals surface area contributed by atoms with Gasteiger partial charge in [-0.3, -0.25) is 0 Å². The zero-order chi connectivity index (χ0) is 12.7. The second kappa shape index (κ2) is 6.88. The minimum absolute atomic E-state index is 0.303. The van der Waals surface area contributed by atoms with Crippen molar-refractivity contribution in [3.8, 4) is 12.1 Å². The summed E-state index contributed by atoms with van der Waals surface area (Å²) in [6, 6.07) is 8.68. The van der Waals surface area contributed by atoms with Crippen molar-refractivity contribution in [2.75, 3.05) is 18.0 Å². The molecule has 0 unspecified atom stereocenters. The van der Waals surface area contributed by atoms with E-state index in [1.54, 1.807) is 17.0 Å². The van der Waals surface area contributed by atoms with E-state index in [1.165, 1.54) is 6.07 Å². The van der Waals surface area contributed by atoms with Crippen molar-refractivity contribution in [3.05, 3.63) is 28.5 Å². The van der Waals surface area contributed by atoms with E-state index in [0.29, 0.717) is 31.6 Å². The monoisotopic (exact) mass is 295 g/mol. The van der Waals surface area contributed by atoms with Crippen molar-refractivity contribution in [1.82, 2.24) is 0 Å². The molecule has 0 fully saturated rings. The number of hydrogen-bond donors (Lipinski definition) is 0. The largest absolute Gasteiger partial charge is 0.367 e. The van der Waals surface area contributed by atoms with Crippen LogP contribution in [0.5, 0.6) is 0 Å². The summed E-state index contributed by atoms with van der Waals surface area (Å²) in [7, 11) is 0. The molecule has 0 aromatic heterocycles. The summed E-state index contributed by atoms with van der Waals surface area (Å²) in [6.07, 6.45) is 0.606. The van der Waals surface area contributed by atoms with Crippen molar-refractivity contribution in [2.24, 2.45) is 0 Å². The van der Waals surface area contributed by atoms with Gasteiger partial charge >= 0.3 is 0 Å². The average Bonchev–Trinajstić information content (AvgIpc) is 2.33. The molecule has 0 amide bonds. The van der Waals surface area contributed by atoms with Gasteiger partial charge in [-0.25, -0.2) is 4.39 Å². The first-order valence-corrected chi connectivity index (χ1v) is 5.92. The summed E-state index contributed by atoms with van der Waals surface area (Å²) in [4.78, 5) is 1.71. The zero-order valence-electron chi connectivity index (χ0n) is 9.16.